The van der Waals surface area contributed by atoms with E-state index < -0.39 is 10.0 Å². The second-order valence-electron chi connectivity index (χ2n) is 8.52. The molecule has 0 aromatic carbocycles. The van der Waals surface area contributed by atoms with Gasteiger partial charge in [0.15, 0.2) is 0 Å². The Labute approximate surface area is 178 Å². The van der Waals surface area contributed by atoms with Gasteiger partial charge < -0.3 is 14.4 Å². The largest absolute Gasteiger partial charge is 0.481 e. The number of amides is 1. The first-order valence-electron chi connectivity index (χ1n) is 10.8. The fourth-order valence-electron chi connectivity index (χ4n) is 4.73. The number of hydrogen-bond acceptors (Lipinski definition) is 6. The maximum Gasteiger partial charge on any atom is 0.255 e. The maximum absolute atomic E-state index is 12.8. The van der Waals surface area contributed by atoms with Crippen molar-refractivity contribution in [3.8, 4) is 5.88 Å². The summed E-state index contributed by atoms with van der Waals surface area (Å²) in [4.78, 5) is 18.8. The molecule has 2 aliphatic heterocycles. The summed E-state index contributed by atoms with van der Waals surface area (Å²) >= 11 is 0. The number of ether oxygens (including phenoxy) is 2. The highest BCUT2D eigenvalue weighted by Gasteiger charge is 2.48. The monoisotopic (exact) mass is 437 g/mol. The summed E-state index contributed by atoms with van der Waals surface area (Å²) in [7, 11) is -1.68. The third-order valence-electron chi connectivity index (χ3n) is 6.57. The summed E-state index contributed by atoms with van der Waals surface area (Å²) in [5.41, 5.74) is 0.206. The summed E-state index contributed by atoms with van der Waals surface area (Å²) in [6.45, 7) is 3.49. The minimum Gasteiger partial charge on any atom is -0.481 e. The number of nitrogens with zero attached hydrogens (tertiary/aromatic N) is 3. The molecule has 3 aliphatic rings. The standard InChI is InChI=1S/C21H31N3O5S/c1-3-30(26,27)24(17-5-6-17)18-8-13-29-21(14-18)9-11-23(12-10-21)20(25)16-4-7-19(28-2)22-15-16/h4,7,15,17-18H,3,5-6,8-14H2,1-2H3. The Kier molecular flexibility index (Phi) is 6.05. The summed E-state index contributed by atoms with van der Waals surface area (Å²) < 4.78 is 38.5. The van der Waals surface area contributed by atoms with Crippen LogP contribution in [0.3, 0.4) is 0 Å². The van der Waals surface area contributed by atoms with Gasteiger partial charge in [0, 0.05) is 44.0 Å². The minimum atomic E-state index is -3.22. The van der Waals surface area contributed by atoms with Crippen LogP contribution in [-0.2, 0) is 14.8 Å². The fourth-order valence-corrected chi connectivity index (χ4v) is 6.32. The molecule has 1 aromatic heterocycles. The van der Waals surface area contributed by atoms with Crippen molar-refractivity contribution in [2.45, 2.75) is 63.1 Å². The number of aromatic nitrogens is 1. The van der Waals surface area contributed by atoms with Crippen LogP contribution in [0.15, 0.2) is 18.3 Å². The van der Waals surface area contributed by atoms with E-state index in [1.807, 2.05) is 4.90 Å². The lowest BCUT2D eigenvalue weighted by Crippen LogP contribution is -2.56. The first-order valence-corrected chi connectivity index (χ1v) is 12.4. The number of sulfonamides is 1. The van der Waals surface area contributed by atoms with E-state index in [1.54, 1.807) is 36.7 Å². The lowest BCUT2D eigenvalue weighted by molar-refractivity contribution is -0.123. The summed E-state index contributed by atoms with van der Waals surface area (Å²) in [5.74, 6) is 0.583. The minimum absolute atomic E-state index is 0.00393. The van der Waals surface area contributed by atoms with Crippen LogP contribution in [0.5, 0.6) is 5.88 Å². The van der Waals surface area contributed by atoms with E-state index in [4.69, 9.17) is 9.47 Å². The number of pyridine rings is 1. The van der Waals surface area contributed by atoms with Gasteiger partial charge in [-0.2, -0.15) is 4.31 Å². The number of methoxy groups -OCH3 is 1. The fraction of sp³-hybridized carbons (Fsp3) is 0.714. The molecule has 1 spiro atoms. The van der Waals surface area contributed by atoms with Crippen molar-refractivity contribution in [1.29, 1.82) is 0 Å². The van der Waals surface area contributed by atoms with Gasteiger partial charge in [-0.05, 0) is 51.5 Å². The van der Waals surface area contributed by atoms with Crippen LogP contribution >= 0.6 is 0 Å². The molecule has 1 aromatic rings. The van der Waals surface area contributed by atoms with Crippen molar-refractivity contribution >= 4 is 15.9 Å². The second kappa shape index (κ2) is 8.43. The van der Waals surface area contributed by atoms with E-state index in [0.29, 0.717) is 31.1 Å². The number of carbonyl (C=O) groups is 1. The van der Waals surface area contributed by atoms with Crippen molar-refractivity contribution in [1.82, 2.24) is 14.2 Å². The van der Waals surface area contributed by atoms with Gasteiger partial charge >= 0.3 is 0 Å². The zero-order chi connectivity index (χ0) is 21.4. The Morgan fingerprint density at radius 3 is 2.57 bits per heavy atom. The molecule has 2 saturated heterocycles. The van der Waals surface area contributed by atoms with Crippen molar-refractivity contribution in [2.75, 3.05) is 32.6 Å². The van der Waals surface area contributed by atoms with Crippen molar-refractivity contribution in [3.05, 3.63) is 23.9 Å². The van der Waals surface area contributed by atoms with Crippen molar-refractivity contribution in [3.63, 3.8) is 0 Å². The molecule has 1 atom stereocenters. The van der Waals surface area contributed by atoms with Crippen LogP contribution in [0.25, 0.3) is 0 Å². The Hall–Kier alpha value is -1.71. The van der Waals surface area contributed by atoms with Crippen molar-refractivity contribution < 1.29 is 22.7 Å². The van der Waals surface area contributed by atoms with Gasteiger partial charge in [0.25, 0.3) is 5.91 Å². The Balaban J connectivity index is 1.41. The van der Waals surface area contributed by atoms with E-state index in [1.165, 1.54) is 0 Å². The first-order chi connectivity index (χ1) is 14.4. The average Bonchev–Trinajstić information content (AvgIpc) is 3.59. The molecule has 0 bridgehead atoms. The first kappa shape index (κ1) is 21.5. The van der Waals surface area contributed by atoms with Gasteiger partial charge in [0.05, 0.1) is 24.0 Å². The molecule has 1 aliphatic carbocycles. The number of rotatable bonds is 6. The van der Waals surface area contributed by atoms with Gasteiger partial charge in [-0.3, -0.25) is 4.79 Å². The molecule has 3 fully saturated rings. The maximum atomic E-state index is 12.8. The van der Waals surface area contributed by atoms with Crippen LogP contribution in [0, 0.1) is 0 Å². The molecule has 0 radical (unpaired) electrons. The average molecular weight is 438 g/mol. The predicted molar refractivity (Wildman–Crippen MR) is 112 cm³/mol. The van der Waals surface area contributed by atoms with Crippen LogP contribution in [0.2, 0.25) is 0 Å². The van der Waals surface area contributed by atoms with Crippen molar-refractivity contribution in [2.24, 2.45) is 0 Å². The summed E-state index contributed by atoms with van der Waals surface area (Å²) in [6.07, 6.45) is 6.38. The van der Waals surface area contributed by atoms with Crippen LogP contribution < -0.4 is 4.74 Å². The molecular weight excluding hydrogens is 406 g/mol. The molecular formula is C21H31N3O5S. The number of hydrogen-bond donors (Lipinski definition) is 0. The Morgan fingerprint density at radius 2 is 2.00 bits per heavy atom. The normalized spacial score (nSPS) is 24.2. The van der Waals surface area contributed by atoms with Gasteiger partial charge in [-0.1, -0.05) is 0 Å². The van der Waals surface area contributed by atoms with Crippen LogP contribution in [0.4, 0.5) is 0 Å². The number of carbonyl (C=O) groups excluding carboxylic acids is 1. The predicted octanol–water partition coefficient (Wildman–Crippen LogP) is 2.06. The molecule has 8 nitrogen and oxygen atoms in total. The quantitative estimate of drug-likeness (QED) is 0.677. The molecule has 9 heteroatoms. The highest BCUT2D eigenvalue weighted by atomic mass is 32.2. The third kappa shape index (κ3) is 4.33. The molecule has 1 unspecified atom stereocenters. The zero-order valence-corrected chi connectivity index (χ0v) is 18.6. The van der Waals surface area contributed by atoms with E-state index in [9.17, 15) is 13.2 Å². The van der Waals surface area contributed by atoms with E-state index in [2.05, 4.69) is 4.98 Å². The number of piperidine rings is 1. The molecule has 1 amide bonds. The smallest absolute Gasteiger partial charge is 0.255 e. The van der Waals surface area contributed by atoms with Gasteiger partial charge in [-0.15, -0.1) is 0 Å². The Morgan fingerprint density at radius 1 is 1.27 bits per heavy atom. The molecule has 166 valence electrons. The lowest BCUT2D eigenvalue weighted by Gasteiger charge is -2.48. The second-order valence-corrected chi connectivity index (χ2v) is 10.7. The molecule has 30 heavy (non-hydrogen) atoms. The third-order valence-corrected chi connectivity index (χ3v) is 8.54. The van der Waals surface area contributed by atoms with Gasteiger partial charge in [0.1, 0.15) is 0 Å². The van der Waals surface area contributed by atoms with E-state index in [-0.39, 0.29) is 29.3 Å². The molecule has 4 rings (SSSR count). The van der Waals surface area contributed by atoms with E-state index >= 15 is 0 Å². The molecule has 1 saturated carbocycles. The van der Waals surface area contributed by atoms with Crippen LogP contribution in [0.1, 0.15) is 55.8 Å². The summed E-state index contributed by atoms with van der Waals surface area (Å²) in [5, 5.41) is 0. The summed E-state index contributed by atoms with van der Waals surface area (Å²) in [6, 6.07) is 3.59. The molecule has 3 heterocycles. The van der Waals surface area contributed by atoms with E-state index in [0.717, 1.165) is 38.5 Å². The van der Waals surface area contributed by atoms with Gasteiger partial charge in [0.2, 0.25) is 15.9 Å². The SMILES string of the molecule is CCS(=O)(=O)N(C1CC1)C1CCOC2(CCN(C(=O)c3ccc(OC)nc3)CC2)C1. The highest BCUT2D eigenvalue weighted by Crippen LogP contribution is 2.41. The molecule has 0 N–H and O–H groups in total. The zero-order valence-electron chi connectivity index (χ0n) is 17.7. The highest BCUT2D eigenvalue weighted by molar-refractivity contribution is 7.89. The van der Waals surface area contributed by atoms with Crippen LogP contribution in [-0.4, -0.2) is 78.8 Å². The lowest BCUT2D eigenvalue weighted by atomic mass is 9.82. The number of likely N-dealkylation sites (tertiary alicyclic amines) is 1. The van der Waals surface area contributed by atoms with Gasteiger partial charge in [-0.25, -0.2) is 13.4 Å². The Bertz CT molecular complexity index is 861. The topological polar surface area (TPSA) is 89.0 Å².